The first-order chi connectivity index (χ1) is 7.36. The molecule has 15 heavy (non-hydrogen) atoms. The van der Waals surface area contributed by atoms with Crippen LogP contribution in [0.1, 0.15) is 18.4 Å². The van der Waals surface area contributed by atoms with E-state index >= 15 is 0 Å². The Balaban J connectivity index is 1.90. The Morgan fingerprint density at radius 1 is 1.27 bits per heavy atom. The molecule has 0 N–H and O–H groups in total. The third-order valence-electron chi connectivity index (χ3n) is 2.26. The lowest BCUT2D eigenvalue weighted by atomic mass is 10.0. The van der Waals surface area contributed by atoms with Crippen LogP contribution in [0.15, 0.2) is 41.8 Å². The van der Waals surface area contributed by atoms with Gasteiger partial charge in [-0.2, -0.15) is 4.37 Å². The summed E-state index contributed by atoms with van der Waals surface area (Å²) in [6, 6.07) is 12.3. The topological polar surface area (TPSA) is 22.1 Å². The number of rotatable bonds is 4. The van der Waals surface area contributed by atoms with Crippen LogP contribution in [0.3, 0.4) is 0 Å². The molecule has 0 aliphatic carbocycles. The van der Waals surface area contributed by atoms with Crippen molar-refractivity contribution in [3.8, 4) is 5.88 Å². The van der Waals surface area contributed by atoms with Gasteiger partial charge in [-0.15, -0.1) is 0 Å². The zero-order valence-electron chi connectivity index (χ0n) is 8.59. The van der Waals surface area contributed by atoms with Crippen LogP contribution in [-0.4, -0.2) is 11.0 Å². The van der Waals surface area contributed by atoms with Crippen LogP contribution in [0.25, 0.3) is 0 Å². The molecule has 0 saturated carbocycles. The highest BCUT2D eigenvalue weighted by Crippen LogP contribution is 2.17. The average molecular weight is 219 g/mol. The maximum atomic E-state index is 5.56. The fraction of sp³-hybridized carbons (Fsp3) is 0.250. The minimum atomic E-state index is 0.396. The second-order valence-corrected chi connectivity index (χ2v) is 4.13. The summed E-state index contributed by atoms with van der Waals surface area (Å²) in [5, 5.41) is 1.92. The molecule has 1 unspecified atom stereocenters. The molecule has 0 fully saturated rings. The second kappa shape index (κ2) is 4.94. The molecule has 1 aromatic heterocycles. The Morgan fingerprint density at radius 3 is 2.73 bits per heavy atom. The molecule has 0 spiro atoms. The van der Waals surface area contributed by atoms with Crippen LogP contribution in [-0.2, 0) is 0 Å². The van der Waals surface area contributed by atoms with E-state index in [0.717, 1.165) is 5.88 Å². The van der Waals surface area contributed by atoms with Crippen molar-refractivity contribution in [1.29, 1.82) is 0 Å². The maximum absolute atomic E-state index is 5.56. The predicted octanol–water partition coefficient (Wildman–Crippen LogP) is 3.33. The van der Waals surface area contributed by atoms with Gasteiger partial charge in [0.05, 0.1) is 6.61 Å². The van der Waals surface area contributed by atoms with Gasteiger partial charge < -0.3 is 4.74 Å². The smallest absolute Gasteiger partial charge is 0.225 e. The fourth-order valence-corrected chi connectivity index (χ4v) is 1.82. The Hall–Kier alpha value is -1.35. The maximum Gasteiger partial charge on any atom is 0.225 e. The first kappa shape index (κ1) is 10.2. The highest BCUT2D eigenvalue weighted by Gasteiger charge is 2.06. The quantitative estimate of drug-likeness (QED) is 0.787. The normalized spacial score (nSPS) is 12.3. The van der Waals surface area contributed by atoms with Gasteiger partial charge >= 0.3 is 0 Å². The minimum absolute atomic E-state index is 0.396. The monoisotopic (exact) mass is 219 g/mol. The minimum Gasteiger partial charge on any atom is -0.476 e. The summed E-state index contributed by atoms with van der Waals surface area (Å²) in [6.07, 6.45) is 0. The predicted molar refractivity (Wildman–Crippen MR) is 62.5 cm³/mol. The highest BCUT2D eigenvalue weighted by molar-refractivity contribution is 7.03. The number of benzene rings is 1. The zero-order valence-corrected chi connectivity index (χ0v) is 9.41. The second-order valence-electron chi connectivity index (χ2n) is 3.46. The molecule has 1 heterocycles. The van der Waals surface area contributed by atoms with Gasteiger partial charge in [0.1, 0.15) is 0 Å². The molecule has 78 valence electrons. The van der Waals surface area contributed by atoms with Crippen LogP contribution in [0, 0.1) is 0 Å². The van der Waals surface area contributed by atoms with Crippen molar-refractivity contribution in [1.82, 2.24) is 4.37 Å². The van der Waals surface area contributed by atoms with Crippen LogP contribution in [0.2, 0.25) is 0 Å². The van der Waals surface area contributed by atoms with E-state index in [1.54, 1.807) is 0 Å². The van der Waals surface area contributed by atoms with Crippen molar-refractivity contribution in [3.05, 3.63) is 47.3 Å². The number of hydrogen-bond acceptors (Lipinski definition) is 3. The summed E-state index contributed by atoms with van der Waals surface area (Å²) in [5.74, 6) is 1.12. The van der Waals surface area contributed by atoms with Gasteiger partial charge in [0.25, 0.3) is 0 Å². The van der Waals surface area contributed by atoms with E-state index in [0.29, 0.717) is 12.5 Å². The van der Waals surface area contributed by atoms with Gasteiger partial charge in [0.2, 0.25) is 5.88 Å². The van der Waals surface area contributed by atoms with E-state index in [9.17, 15) is 0 Å². The van der Waals surface area contributed by atoms with Gasteiger partial charge in [-0.1, -0.05) is 37.3 Å². The zero-order chi connectivity index (χ0) is 10.5. The number of hydrogen-bond donors (Lipinski definition) is 0. The van der Waals surface area contributed by atoms with Crippen LogP contribution >= 0.6 is 11.5 Å². The fourth-order valence-electron chi connectivity index (χ4n) is 1.36. The molecule has 2 rings (SSSR count). The summed E-state index contributed by atoms with van der Waals surface area (Å²) in [4.78, 5) is 0. The van der Waals surface area contributed by atoms with Crippen LogP contribution in [0.5, 0.6) is 5.88 Å². The lowest BCUT2D eigenvalue weighted by Gasteiger charge is -2.11. The van der Waals surface area contributed by atoms with E-state index < -0.39 is 0 Å². The van der Waals surface area contributed by atoms with Crippen molar-refractivity contribution >= 4 is 11.5 Å². The Kier molecular flexibility index (Phi) is 3.35. The van der Waals surface area contributed by atoms with Crippen LogP contribution < -0.4 is 4.74 Å². The van der Waals surface area contributed by atoms with E-state index in [-0.39, 0.29) is 0 Å². The third kappa shape index (κ3) is 2.80. The van der Waals surface area contributed by atoms with Gasteiger partial charge in [0, 0.05) is 17.4 Å². The van der Waals surface area contributed by atoms with E-state index in [1.165, 1.54) is 17.1 Å². The summed E-state index contributed by atoms with van der Waals surface area (Å²) in [6.45, 7) is 2.83. The lowest BCUT2D eigenvalue weighted by molar-refractivity contribution is 0.288. The van der Waals surface area contributed by atoms with Crippen molar-refractivity contribution < 1.29 is 4.74 Å². The lowest BCUT2D eigenvalue weighted by Crippen LogP contribution is -2.06. The van der Waals surface area contributed by atoms with Gasteiger partial charge in [-0.3, -0.25) is 0 Å². The molecule has 0 aliphatic rings. The summed E-state index contributed by atoms with van der Waals surface area (Å²) < 4.78 is 9.66. The van der Waals surface area contributed by atoms with Crippen molar-refractivity contribution in [2.45, 2.75) is 12.8 Å². The van der Waals surface area contributed by atoms with Gasteiger partial charge in [-0.25, -0.2) is 0 Å². The number of nitrogens with zero attached hydrogens (tertiary/aromatic N) is 1. The van der Waals surface area contributed by atoms with Gasteiger partial charge in [0.15, 0.2) is 0 Å². The standard InChI is InChI=1S/C12H13NOS/c1-10(11-5-3-2-4-6-11)9-14-12-7-8-15-13-12/h2-8,10H,9H2,1H3. The van der Waals surface area contributed by atoms with E-state index in [4.69, 9.17) is 4.74 Å². The third-order valence-corrected chi connectivity index (χ3v) is 2.81. The molecule has 2 nitrogen and oxygen atoms in total. The first-order valence-electron chi connectivity index (χ1n) is 4.94. The van der Waals surface area contributed by atoms with Crippen LogP contribution in [0.4, 0.5) is 0 Å². The molecule has 0 aliphatic heterocycles. The SMILES string of the molecule is CC(COc1ccsn1)c1ccccc1. The molecule has 0 radical (unpaired) electrons. The molecule has 2 aromatic rings. The molecular formula is C12H13NOS. The van der Waals surface area contributed by atoms with E-state index in [2.05, 4.69) is 35.6 Å². The number of ether oxygens (including phenoxy) is 1. The summed E-state index contributed by atoms with van der Waals surface area (Å²) in [5.41, 5.74) is 1.30. The summed E-state index contributed by atoms with van der Waals surface area (Å²) >= 11 is 1.41. The first-order valence-corrected chi connectivity index (χ1v) is 5.78. The Labute approximate surface area is 93.7 Å². The van der Waals surface area contributed by atoms with E-state index in [1.807, 2.05) is 17.5 Å². The molecule has 3 heteroatoms. The Morgan fingerprint density at radius 2 is 2.07 bits per heavy atom. The Bertz CT molecular complexity index is 385. The highest BCUT2D eigenvalue weighted by atomic mass is 32.1. The molecular weight excluding hydrogens is 206 g/mol. The molecule has 0 bridgehead atoms. The molecule has 0 saturated heterocycles. The average Bonchev–Trinajstić information content (AvgIpc) is 2.80. The van der Waals surface area contributed by atoms with Crippen molar-refractivity contribution in [2.75, 3.05) is 6.61 Å². The van der Waals surface area contributed by atoms with Gasteiger partial charge in [-0.05, 0) is 17.1 Å². The molecule has 1 atom stereocenters. The van der Waals surface area contributed by atoms with Crippen molar-refractivity contribution in [2.24, 2.45) is 0 Å². The molecule has 0 amide bonds. The summed E-state index contributed by atoms with van der Waals surface area (Å²) in [7, 11) is 0. The molecule has 1 aromatic carbocycles. The number of aromatic nitrogens is 1. The largest absolute Gasteiger partial charge is 0.476 e. The van der Waals surface area contributed by atoms with Crippen molar-refractivity contribution in [3.63, 3.8) is 0 Å².